The van der Waals surface area contributed by atoms with Crippen molar-refractivity contribution in [3.63, 3.8) is 0 Å². The molecule has 0 saturated heterocycles. The van der Waals surface area contributed by atoms with Gasteiger partial charge in [0.25, 0.3) is 5.91 Å². The minimum absolute atomic E-state index is 0.0186. The summed E-state index contributed by atoms with van der Waals surface area (Å²) in [6.45, 7) is 1.70. The minimum Gasteiger partial charge on any atom is -0.492 e. The Morgan fingerprint density at radius 3 is 2.69 bits per heavy atom. The lowest BCUT2D eigenvalue weighted by Crippen LogP contribution is -2.14. The maximum absolute atomic E-state index is 14.0. The first-order valence-electron chi connectivity index (χ1n) is 8.76. The van der Waals surface area contributed by atoms with Crippen molar-refractivity contribution in [3.05, 3.63) is 71.8 Å². The summed E-state index contributed by atoms with van der Waals surface area (Å²) in [6, 6.07) is 12.8. The van der Waals surface area contributed by atoms with E-state index in [2.05, 4.69) is 10.4 Å². The second kappa shape index (κ2) is 8.44. The predicted octanol–water partition coefficient (Wildman–Crippen LogP) is 3.00. The predicted molar refractivity (Wildman–Crippen MR) is 108 cm³/mol. The number of ether oxygens (including phenoxy) is 1. The molecule has 3 aromatic rings. The van der Waals surface area contributed by atoms with Crippen LogP contribution in [-0.2, 0) is 9.84 Å². The van der Waals surface area contributed by atoms with E-state index < -0.39 is 21.6 Å². The molecule has 7 nitrogen and oxygen atoms in total. The Morgan fingerprint density at radius 1 is 1.21 bits per heavy atom. The molecule has 1 heterocycles. The number of sulfone groups is 1. The highest BCUT2D eigenvalue weighted by molar-refractivity contribution is 7.90. The van der Waals surface area contributed by atoms with E-state index in [4.69, 9.17) is 4.74 Å². The molecule has 2 aromatic carbocycles. The molecule has 0 unspecified atom stereocenters. The molecule has 0 radical (unpaired) electrons. The van der Waals surface area contributed by atoms with Gasteiger partial charge in [-0.05, 0) is 31.2 Å². The van der Waals surface area contributed by atoms with Crippen LogP contribution < -0.4 is 10.1 Å². The van der Waals surface area contributed by atoms with Gasteiger partial charge in [-0.3, -0.25) is 4.79 Å². The van der Waals surface area contributed by atoms with Crippen LogP contribution in [-0.4, -0.2) is 42.7 Å². The molecule has 0 fully saturated rings. The first-order valence-corrected chi connectivity index (χ1v) is 10.8. The summed E-state index contributed by atoms with van der Waals surface area (Å²) in [5, 5.41) is 6.87. The van der Waals surface area contributed by atoms with Gasteiger partial charge in [-0.2, -0.15) is 5.10 Å². The number of halogens is 1. The van der Waals surface area contributed by atoms with Gasteiger partial charge in [0, 0.05) is 18.0 Å². The lowest BCUT2D eigenvalue weighted by molar-refractivity contribution is 0.102. The highest BCUT2D eigenvalue weighted by Crippen LogP contribution is 2.21. The summed E-state index contributed by atoms with van der Waals surface area (Å²) >= 11 is 0. The Kier molecular flexibility index (Phi) is 5.97. The molecule has 0 aliphatic rings. The third kappa shape index (κ3) is 5.20. The Morgan fingerprint density at radius 2 is 1.97 bits per heavy atom. The van der Waals surface area contributed by atoms with Crippen LogP contribution in [0.5, 0.6) is 5.75 Å². The molecular formula is C20H20FN3O4S. The number of carbonyl (C=O) groups excluding carboxylic acids is 1. The summed E-state index contributed by atoms with van der Waals surface area (Å²) in [7, 11) is -3.12. The fourth-order valence-electron chi connectivity index (χ4n) is 2.67. The summed E-state index contributed by atoms with van der Waals surface area (Å²) in [5.74, 6) is -0.508. The molecular weight excluding hydrogens is 397 g/mol. The number of benzene rings is 2. The standard InChI is InChI=1S/C20H20FN3O4S/c1-14-17(13-22-24(14)19-9-4-3-8-18(19)21)20(25)23-15-6-5-7-16(12-15)28-10-11-29(2,26)27/h3-9,12-13H,10-11H2,1-2H3,(H,23,25). The zero-order chi connectivity index (χ0) is 21.0. The normalized spacial score (nSPS) is 11.3. The number of nitrogens with zero attached hydrogens (tertiary/aromatic N) is 2. The SMILES string of the molecule is Cc1c(C(=O)Nc2cccc(OCCS(C)(=O)=O)c2)cnn1-c1ccccc1F. The van der Waals surface area contributed by atoms with Crippen LogP contribution in [0, 0.1) is 12.7 Å². The molecule has 3 rings (SSSR count). The van der Waals surface area contributed by atoms with Crippen molar-refractivity contribution in [2.75, 3.05) is 23.9 Å². The van der Waals surface area contributed by atoms with Crippen molar-refractivity contribution in [2.24, 2.45) is 0 Å². The smallest absolute Gasteiger partial charge is 0.259 e. The largest absolute Gasteiger partial charge is 0.492 e. The fraction of sp³-hybridized carbons (Fsp3) is 0.200. The van der Waals surface area contributed by atoms with E-state index in [9.17, 15) is 17.6 Å². The number of carbonyl (C=O) groups is 1. The highest BCUT2D eigenvalue weighted by Gasteiger charge is 2.17. The Balaban J connectivity index is 1.73. The molecule has 9 heteroatoms. The lowest BCUT2D eigenvalue weighted by Gasteiger charge is -2.09. The topological polar surface area (TPSA) is 90.3 Å². The Labute approximate surface area is 168 Å². The van der Waals surface area contributed by atoms with Gasteiger partial charge in [-0.1, -0.05) is 18.2 Å². The van der Waals surface area contributed by atoms with Crippen molar-refractivity contribution in [2.45, 2.75) is 6.92 Å². The van der Waals surface area contributed by atoms with Gasteiger partial charge in [0.05, 0.1) is 23.2 Å². The monoisotopic (exact) mass is 417 g/mol. The van der Waals surface area contributed by atoms with Crippen LogP contribution in [0.4, 0.5) is 10.1 Å². The quantitative estimate of drug-likeness (QED) is 0.638. The molecule has 1 amide bonds. The van der Waals surface area contributed by atoms with Gasteiger partial charge in [0.2, 0.25) is 0 Å². The first-order chi connectivity index (χ1) is 13.7. The molecule has 0 aliphatic heterocycles. The summed E-state index contributed by atoms with van der Waals surface area (Å²) in [5.41, 5.74) is 1.53. The number of aromatic nitrogens is 2. The number of anilines is 1. The Bertz CT molecular complexity index is 1140. The van der Waals surface area contributed by atoms with E-state index in [1.54, 1.807) is 49.4 Å². The van der Waals surface area contributed by atoms with Gasteiger partial charge in [0.1, 0.15) is 23.9 Å². The van der Waals surface area contributed by atoms with Crippen LogP contribution in [0.25, 0.3) is 5.69 Å². The summed E-state index contributed by atoms with van der Waals surface area (Å²) in [4.78, 5) is 12.6. The molecule has 152 valence electrons. The second-order valence-corrected chi connectivity index (χ2v) is 8.73. The van der Waals surface area contributed by atoms with Crippen molar-refractivity contribution in [1.29, 1.82) is 0 Å². The molecule has 0 aliphatic carbocycles. The first kappa shape index (κ1) is 20.5. The van der Waals surface area contributed by atoms with Crippen molar-refractivity contribution < 1.29 is 22.3 Å². The van der Waals surface area contributed by atoms with Crippen LogP contribution >= 0.6 is 0 Å². The van der Waals surface area contributed by atoms with Crippen molar-refractivity contribution in [3.8, 4) is 11.4 Å². The number of rotatable bonds is 7. The molecule has 0 saturated carbocycles. The molecule has 1 aromatic heterocycles. The van der Waals surface area contributed by atoms with E-state index in [1.165, 1.54) is 16.9 Å². The van der Waals surface area contributed by atoms with Gasteiger partial charge < -0.3 is 10.1 Å². The van der Waals surface area contributed by atoms with Crippen molar-refractivity contribution >= 4 is 21.4 Å². The number of amides is 1. The van der Waals surface area contributed by atoms with Crippen molar-refractivity contribution in [1.82, 2.24) is 9.78 Å². The Hall–Kier alpha value is -3.20. The molecule has 29 heavy (non-hydrogen) atoms. The number of hydrogen-bond acceptors (Lipinski definition) is 5. The third-order valence-corrected chi connectivity index (χ3v) is 5.06. The lowest BCUT2D eigenvalue weighted by atomic mass is 10.2. The van der Waals surface area contributed by atoms with E-state index in [1.807, 2.05) is 0 Å². The maximum Gasteiger partial charge on any atom is 0.259 e. The highest BCUT2D eigenvalue weighted by atomic mass is 32.2. The summed E-state index contributed by atoms with van der Waals surface area (Å²) in [6.07, 6.45) is 2.51. The molecule has 0 spiro atoms. The second-order valence-electron chi connectivity index (χ2n) is 6.47. The van der Waals surface area contributed by atoms with Gasteiger partial charge >= 0.3 is 0 Å². The molecule has 0 bridgehead atoms. The van der Waals surface area contributed by atoms with Crippen LogP contribution in [0.1, 0.15) is 16.1 Å². The van der Waals surface area contributed by atoms with Crippen LogP contribution in [0.3, 0.4) is 0 Å². The third-order valence-electron chi connectivity index (χ3n) is 4.15. The van der Waals surface area contributed by atoms with E-state index in [0.29, 0.717) is 22.7 Å². The van der Waals surface area contributed by atoms with Gasteiger partial charge in [-0.25, -0.2) is 17.5 Å². The van der Waals surface area contributed by atoms with Crippen LogP contribution in [0.2, 0.25) is 0 Å². The molecule has 0 atom stereocenters. The van der Waals surface area contributed by atoms with Gasteiger partial charge in [0.15, 0.2) is 9.84 Å². The number of para-hydroxylation sites is 1. The van der Waals surface area contributed by atoms with Gasteiger partial charge in [-0.15, -0.1) is 0 Å². The van der Waals surface area contributed by atoms with E-state index in [0.717, 1.165) is 6.26 Å². The van der Waals surface area contributed by atoms with Crippen LogP contribution in [0.15, 0.2) is 54.7 Å². The van der Waals surface area contributed by atoms with E-state index >= 15 is 0 Å². The number of hydrogen-bond donors (Lipinski definition) is 1. The number of nitrogens with one attached hydrogen (secondary N) is 1. The maximum atomic E-state index is 14.0. The average Bonchev–Trinajstić information content (AvgIpc) is 3.03. The zero-order valence-corrected chi connectivity index (χ0v) is 16.7. The average molecular weight is 417 g/mol. The fourth-order valence-corrected chi connectivity index (χ4v) is 3.06. The minimum atomic E-state index is -3.12. The zero-order valence-electron chi connectivity index (χ0n) is 15.9. The van der Waals surface area contributed by atoms with E-state index in [-0.39, 0.29) is 18.0 Å². The summed E-state index contributed by atoms with van der Waals surface area (Å²) < 4.78 is 43.2. The molecule has 1 N–H and O–H groups in total.